The topological polar surface area (TPSA) is 39.9 Å². The molecule has 1 aromatic carbocycles. The van der Waals surface area contributed by atoms with Crippen molar-refractivity contribution in [1.82, 2.24) is 14.8 Å². The van der Waals surface area contributed by atoms with Gasteiger partial charge in [-0.25, -0.2) is 4.98 Å². The van der Waals surface area contributed by atoms with Gasteiger partial charge in [-0.3, -0.25) is 4.68 Å². The summed E-state index contributed by atoms with van der Waals surface area (Å²) >= 11 is 5.96. The first-order chi connectivity index (χ1) is 9.26. The number of pyridine rings is 1. The van der Waals surface area contributed by atoms with E-state index in [1.54, 1.807) is 17.1 Å². The number of rotatable bonds is 3. The lowest BCUT2D eigenvalue weighted by atomic mass is 10.2. The highest BCUT2D eigenvalue weighted by molar-refractivity contribution is 6.17. The Bertz CT molecular complexity index is 724. The van der Waals surface area contributed by atoms with E-state index in [9.17, 15) is 0 Å². The Balaban J connectivity index is 2.05. The summed E-state index contributed by atoms with van der Waals surface area (Å²) in [4.78, 5) is 4.51. The Morgan fingerprint density at radius 3 is 2.89 bits per heavy atom. The molecule has 3 rings (SSSR count). The van der Waals surface area contributed by atoms with Gasteiger partial charge in [-0.2, -0.15) is 5.10 Å². The van der Waals surface area contributed by atoms with Gasteiger partial charge in [0, 0.05) is 18.0 Å². The second-order valence-electron chi connectivity index (χ2n) is 4.23. The van der Waals surface area contributed by atoms with Crippen molar-refractivity contribution in [3.8, 4) is 11.6 Å². The number of aryl methyl sites for hydroxylation is 1. The predicted octanol–water partition coefficient (Wildman–Crippen LogP) is 3.50. The molecule has 0 amide bonds. The molecule has 0 unspecified atom stereocenters. The van der Waals surface area contributed by atoms with Crippen molar-refractivity contribution in [3.63, 3.8) is 0 Å². The molecule has 2 heterocycles. The van der Waals surface area contributed by atoms with Crippen molar-refractivity contribution in [2.45, 2.75) is 5.88 Å². The first-order valence-electron chi connectivity index (χ1n) is 5.87. The van der Waals surface area contributed by atoms with Gasteiger partial charge in [0.05, 0.1) is 23.8 Å². The van der Waals surface area contributed by atoms with Crippen molar-refractivity contribution in [2.75, 3.05) is 0 Å². The summed E-state index contributed by atoms with van der Waals surface area (Å²) in [7, 11) is 1.84. The SMILES string of the molecule is Cn1cc(Oc2nc3ccccc3cc2CCl)cn1. The van der Waals surface area contributed by atoms with Gasteiger partial charge < -0.3 is 4.74 Å². The maximum absolute atomic E-state index is 5.96. The zero-order valence-corrected chi connectivity index (χ0v) is 11.1. The van der Waals surface area contributed by atoms with E-state index in [4.69, 9.17) is 16.3 Å². The number of hydrogen-bond donors (Lipinski definition) is 0. The number of fused-ring (bicyclic) bond motifs is 1. The van der Waals surface area contributed by atoms with Gasteiger partial charge in [0.2, 0.25) is 5.88 Å². The third-order valence-electron chi connectivity index (χ3n) is 2.80. The Labute approximate surface area is 115 Å². The van der Waals surface area contributed by atoms with Crippen LogP contribution < -0.4 is 4.74 Å². The van der Waals surface area contributed by atoms with Crippen molar-refractivity contribution < 1.29 is 4.74 Å². The van der Waals surface area contributed by atoms with Crippen LogP contribution in [0.5, 0.6) is 11.6 Å². The number of nitrogens with zero attached hydrogens (tertiary/aromatic N) is 3. The fourth-order valence-corrected chi connectivity index (χ4v) is 2.08. The van der Waals surface area contributed by atoms with Crippen molar-refractivity contribution in [3.05, 3.63) is 48.3 Å². The number of alkyl halides is 1. The molecule has 0 spiro atoms. The minimum atomic E-state index is 0.355. The fourth-order valence-electron chi connectivity index (χ4n) is 1.89. The summed E-state index contributed by atoms with van der Waals surface area (Å²) < 4.78 is 7.43. The minimum Gasteiger partial charge on any atom is -0.435 e. The second kappa shape index (κ2) is 4.90. The number of aromatic nitrogens is 3. The lowest BCUT2D eigenvalue weighted by molar-refractivity contribution is 0.460. The summed E-state index contributed by atoms with van der Waals surface area (Å²) in [6.07, 6.45) is 3.43. The predicted molar refractivity (Wildman–Crippen MR) is 74.6 cm³/mol. The molecule has 0 aliphatic rings. The number of para-hydroxylation sites is 1. The molecule has 0 N–H and O–H groups in total. The van der Waals surface area contributed by atoms with Crippen LogP contribution in [0.4, 0.5) is 0 Å². The van der Waals surface area contributed by atoms with Gasteiger partial charge in [0.25, 0.3) is 0 Å². The Hall–Kier alpha value is -2.07. The van der Waals surface area contributed by atoms with Gasteiger partial charge in [-0.15, -0.1) is 11.6 Å². The second-order valence-corrected chi connectivity index (χ2v) is 4.50. The van der Waals surface area contributed by atoms with Crippen LogP contribution in [0.3, 0.4) is 0 Å². The molecule has 0 atom stereocenters. The van der Waals surface area contributed by atoms with E-state index in [-0.39, 0.29) is 0 Å². The molecule has 4 nitrogen and oxygen atoms in total. The molecule has 0 fully saturated rings. The maximum atomic E-state index is 5.96. The third-order valence-corrected chi connectivity index (χ3v) is 3.09. The third kappa shape index (κ3) is 2.39. The number of hydrogen-bond acceptors (Lipinski definition) is 3. The van der Waals surface area contributed by atoms with Crippen molar-refractivity contribution in [2.24, 2.45) is 7.05 Å². The average molecular weight is 274 g/mol. The smallest absolute Gasteiger partial charge is 0.224 e. The van der Waals surface area contributed by atoms with E-state index in [2.05, 4.69) is 10.1 Å². The van der Waals surface area contributed by atoms with E-state index >= 15 is 0 Å². The summed E-state index contributed by atoms with van der Waals surface area (Å²) in [5, 5.41) is 5.11. The molecule has 2 aromatic heterocycles. The Morgan fingerprint density at radius 1 is 1.32 bits per heavy atom. The quantitative estimate of drug-likeness (QED) is 0.686. The maximum Gasteiger partial charge on any atom is 0.224 e. The Morgan fingerprint density at radius 2 is 2.16 bits per heavy atom. The average Bonchev–Trinajstić information content (AvgIpc) is 2.83. The monoisotopic (exact) mass is 273 g/mol. The van der Waals surface area contributed by atoms with Gasteiger partial charge >= 0.3 is 0 Å². The lowest BCUT2D eigenvalue weighted by Gasteiger charge is -2.08. The van der Waals surface area contributed by atoms with Crippen LogP contribution in [-0.4, -0.2) is 14.8 Å². The number of halogens is 1. The standard InChI is InChI=1S/C14H12ClN3O/c1-18-9-12(8-16-18)19-14-11(7-15)6-10-4-2-3-5-13(10)17-14/h2-6,8-9H,7H2,1H3. The molecular weight excluding hydrogens is 262 g/mol. The van der Waals surface area contributed by atoms with Crippen LogP contribution >= 0.6 is 11.6 Å². The van der Waals surface area contributed by atoms with Crippen LogP contribution in [0.2, 0.25) is 0 Å². The molecule has 0 radical (unpaired) electrons. The van der Waals surface area contributed by atoms with E-state index in [1.165, 1.54) is 0 Å². The molecule has 3 aromatic rings. The zero-order chi connectivity index (χ0) is 13.2. The summed E-state index contributed by atoms with van der Waals surface area (Å²) in [5.41, 5.74) is 1.75. The normalized spacial score (nSPS) is 10.8. The van der Waals surface area contributed by atoms with Gasteiger partial charge in [-0.1, -0.05) is 18.2 Å². The highest BCUT2D eigenvalue weighted by Gasteiger charge is 2.09. The molecule has 96 valence electrons. The fraction of sp³-hybridized carbons (Fsp3) is 0.143. The van der Waals surface area contributed by atoms with E-state index in [0.29, 0.717) is 17.5 Å². The molecule has 19 heavy (non-hydrogen) atoms. The molecule has 0 bridgehead atoms. The number of ether oxygens (including phenoxy) is 1. The molecule has 0 aliphatic heterocycles. The Kier molecular flexibility index (Phi) is 3.09. The van der Waals surface area contributed by atoms with E-state index in [0.717, 1.165) is 16.5 Å². The van der Waals surface area contributed by atoms with Crippen LogP contribution in [-0.2, 0) is 12.9 Å². The number of benzene rings is 1. The van der Waals surface area contributed by atoms with Crippen LogP contribution in [0.25, 0.3) is 10.9 Å². The molecule has 0 aliphatic carbocycles. The van der Waals surface area contributed by atoms with Crippen LogP contribution in [0.15, 0.2) is 42.7 Å². The first kappa shape index (κ1) is 12.0. The van der Waals surface area contributed by atoms with E-state index in [1.807, 2.05) is 37.4 Å². The first-order valence-corrected chi connectivity index (χ1v) is 6.41. The minimum absolute atomic E-state index is 0.355. The van der Waals surface area contributed by atoms with Gasteiger partial charge in [-0.05, 0) is 12.1 Å². The van der Waals surface area contributed by atoms with Crippen LogP contribution in [0, 0.1) is 0 Å². The summed E-state index contributed by atoms with van der Waals surface area (Å²) in [6, 6.07) is 9.88. The lowest BCUT2D eigenvalue weighted by Crippen LogP contribution is -1.93. The van der Waals surface area contributed by atoms with Gasteiger partial charge in [0.15, 0.2) is 5.75 Å². The van der Waals surface area contributed by atoms with Gasteiger partial charge in [0.1, 0.15) is 0 Å². The highest BCUT2D eigenvalue weighted by atomic mass is 35.5. The summed E-state index contributed by atoms with van der Waals surface area (Å²) in [6.45, 7) is 0. The molecule has 0 saturated heterocycles. The van der Waals surface area contributed by atoms with Crippen molar-refractivity contribution >= 4 is 22.5 Å². The molecule has 5 heteroatoms. The summed E-state index contributed by atoms with van der Waals surface area (Å²) in [5.74, 6) is 1.53. The largest absolute Gasteiger partial charge is 0.435 e. The van der Waals surface area contributed by atoms with Crippen LogP contribution in [0.1, 0.15) is 5.56 Å². The molecular formula is C14H12ClN3O. The molecule has 0 saturated carbocycles. The highest BCUT2D eigenvalue weighted by Crippen LogP contribution is 2.27. The zero-order valence-electron chi connectivity index (χ0n) is 10.4. The van der Waals surface area contributed by atoms with Crippen molar-refractivity contribution in [1.29, 1.82) is 0 Å². The van der Waals surface area contributed by atoms with E-state index < -0.39 is 0 Å².